The van der Waals surface area contributed by atoms with E-state index in [-0.39, 0.29) is 17.3 Å². The molecule has 0 saturated carbocycles. The summed E-state index contributed by atoms with van der Waals surface area (Å²) in [5.74, 6) is -0.150. The van der Waals surface area contributed by atoms with Crippen molar-refractivity contribution >= 4 is 17.3 Å². The van der Waals surface area contributed by atoms with Crippen LogP contribution in [0.25, 0.3) is 0 Å². The Morgan fingerprint density at radius 2 is 1.74 bits per heavy atom. The van der Waals surface area contributed by atoms with Crippen molar-refractivity contribution in [1.82, 2.24) is 9.97 Å². The predicted octanol–water partition coefficient (Wildman–Crippen LogP) is 4.05. The maximum Gasteiger partial charge on any atom is 0.322 e. The molecule has 27 heavy (non-hydrogen) atoms. The van der Waals surface area contributed by atoms with Gasteiger partial charge in [0, 0.05) is 29.2 Å². The number of nitrogens with one attached hydrogen (secondary N) is 1. The smallest absolute Gasteiger partial charge is 0.322 e. The molecule has 0 aliphatic rings. The van der Waals surface area contributed by atoms with Gasteiger partial charge >= 0.3 is 6.01 Å². The zero-order valence-electron chi connectivity index (χ0n) is 14.7. The van der Waals surface area contributed by atoms with Crippen LogP contribution in [0.1, 0.15) is 21.7 Å². The van der Waals surface area contributed by atoms with E-state index < -0.39 is 10.8 Å². The Hall–Kier alpha value is -3.81. The van der Waals surface area contributed by atoms with Gasteiger partial charge in [0.1, 0.15) is 11.3 Å². The van der Waals surface area contributed by atoms with Crippen molar-refractivity contribution < 1.29 is 14.5 Å². The minimum Gasteiger partial charge on any atom is -0.424 e. The average molecular weight is 364 g/mol. The number of aromatic nitrogens is 2. The molecule has 8 nitrogen and oxygen atoms in total. The van der Waals surface area contributed by atoms with E-state index in [1.54, 1.807) is 30.3 Å². The third-order valence-corrected chi connectivity index (χ3v) is 3.61. The number of carbonyl (C=O) groups excluding carboxylic acids is 1. The van der Waals surface area contributed by atoms with Crippen molar-refractivity contribution in [3.05, 3.63) is 81.7 Å². The molecule has 3 aromatic rings. The molecule has 0 aliphatic carbocycles. The lowest BCUT2D eigenvalue weighted by Gasteiger charge is -2.09. The van der Waals surface area contributed by atoms with Crippen LogP contribution < -0.4 is 10.1 Å². The molecule has 2 aromatic carbocycles. The lowest BCUT2D eigenvalue weighted by molar-refractivity contribution is -0.385. The van der Waals surface area contributed by atoms with E-state index in [0.717, 1.165) is 11.4 Å². The van der Waals surface area contributed by atoms with E-state index >= 15 is 0 Å². The number of anilines is 1. The van der Waals surface area contributed by atoms with Crippen LogP contribution in [-0.2, 0) is 0 Å². The van der Waals surface area contributed by atoms with Gasteiger partial charge < -0.3 is 10.1 Å². The van der Waals surface area contributed by atoms with Crippen molar-refractivity contribution in [2.45, 2.75) is 13.8 Å². The van der Waals surface area contributed by atoms with Crippen LogP contribution >= 0.6 is 0 Å². The van der Waals surface area contributed by atoms with Gasteiger partial charge in [-0.1, -0.05) is 18.2 Å². The van der Waals surface area contributed by atoms with Gasteiger partial charge in [-0.05, 0) is 38.1 Å². The molecule has 1 aromatic heterocycles. The third-order valence-electron chi connectivity index (χ3n) is 3.61. The van der Waals surface area contributed by atoms with Crippen LogP contribution in [0.15, 0.2) is 54.6 Å². The Morgan fingerprint density at radius 3 is 2.44 bits per heavy atom. The Balaban J connectivity index is 1.80. The van der Waals surface area contributed by atoms with Crippen LogP contribution in [0.2, 0.25) is 0 Å². The number of carbonyl (C=O) groups is 1. The fourth-order valence-electron chi connectivity index (χ4n) is 2.51. The second kappa shape index (κ2) is 7.61. The first-order valence-electron chi connectivity index (χ1n) is 8.07. The highest BCUT2D eigenvalue weighted by atomic mass is 16.6. The van der Waals surface area contributed by atoms with E-state index in [4.69, 9.17) is 4.74 Å². The highest BCUT2D eigenvalue weighted by molar-refractivity contribution is 6.07. The first-order chi connectivity index (χ1) is 12.9. The Labute approximate surface area is 155 Å². The van der Waals surface area contributed by atoms with E-state index in [1.807, 2.05) is 19.9 Å². The van der Waals surface area contributed by atoms with Crippen molar-refractivity contribution in [2.24, 2.45) is 0 Å². The lowest BCUT2D eigenvalue weighted by atomic mass is 10.1. The van der Waals surface area contributed by atoms with Crippen LogP contribution in [0, 0.1) is 24.0 Å². The molecule has 1 amide bonds. The number of aryl methyl sites for hydroxylation is 2. The van der Waals surface area contributed by atoms with Crippen LogP contribution in [0.4, 0.5) is 11.4 Å². The highest BCUT2D eigenvalue weighted by Crippen LogP contribution is 2.24. The summed E-state index contributed by atoms with van der Waals surface area (Å²) < 4.78 is 5.65. The van der Waals surface area contributed by atoms with E-state index in [0.29, 0.717) is 11.4 Å². The fraction of sp³-hybridized carbons (Fsp3) is 0.105. The summed E-state index contributed by atoms with van der Waals surface area (Å²) in [6.07, 6.45) is 0. The predicted molar refractivity (Wildman–Crippen MR) is 99.1 cm³/mol. The summed E-state index contributed by atoms with van der Waals surface area (Å²) >= 11 is 0. The third kappa shape index (κ3) is 4.43. The highest BCUT2D eigenvalue weighted by Gasteiger charge is 2.19. The average Bonchev–Trinajstić information content (AvgIpc) is 2.61. The van der Waals surface area contributed by atoms with Crippen molar-refractivity contribution in [2.75, 3.05) is 5.32 Å². The minimum atomic E-state index is -0.591. The maximum atomic E-state index is 12.4. The molecule has 3 rings (SSSR count). The quantitative estimate of drug-likeness (QED) is 0.541. The molecular formula is C19H16N4O4. The molecule has 0 spiro atoms. The molecule has 1 N–H and O–H groups in total. The van der Waals surface area contributed by atoms with Crippen molar-refractivity contribution in [1.29, 1.82) is 0 Å². The number of para-hydroxylation sites is 1. The van der Waals surface area contributed by atoms with Crippen molar-refractivity contribution in [3.63, 3.8) is 0 Å². The summed E-state index contributed by atoms with van der Waals surface area (Å²) in [4.78, 5) is 31.3. The van der Waals surface area contributed by atoms with E-state index in [1.165, 1.54) is 18.2 Å². The monoisotopic (exact) mass is 364 g/mol. The number of hydrogen-bond acceptors (Lipinski definition) is 6. The lowest BCUT2D eigenvalue weighted by Crippen LogP contribution is -2.13. The molecular weight excluding hydrogens is 348 g/mol. The molecule has 0 aliphatic heterocycles. The largest absolute Gasteiger partial charge is 0.424 e. The van der Waals surface area contributed by atoms with Crippen LogP contribution in [0.3, 0.4) is 0 Å². The van der Waals surface area contributed by atoms with Gasteiger partial charge in [-0.2, -0.15) is 0 Å². The van der Waals surface area contributed by atoms with E-state index in [2.05, 4.69) is 15.3 Å². The molecule has 0 fully saturated rings. The molecule has 0 saturated heterocycles. The molecule has 0 bridgehead atoms. The van der Waals surface area contributed by atoms with Gasteiger partial charge in [-0.15, -0.1) is 0 Å². The Bertz CT molecular complexity index is 1000. The van der Waals surface area contributed by atoms with Crippen LogP contribution in [0.5, 0.6) is 11.8 Å². The number of benzene rings is 2. The minimum absolute atomic E-state index is 0.0218. The zero-order valence-corrected chi connectivity index (χ0v) is 14.7. The number of ether oxygens (including phenoxy) is 1. The molecule has 0 unspecified atom stereocenters. The molecule has 8 heteroatoms. The first-order valence-corrected chi connectivity index (χ1v) is 8.07. The van der Waals surface area contributed by atoms with Gasteiger partial charge in [0.25, 0.3) is 11.6 Å². The standard InChI is InChI=1S/C19H16N4O4/c1-12-10-13(2)21-19(20-12)27-15-7-5-6-14(11-15)22-18(24)16-8-3-4-9-17(16)23(25)26/h3-11H,1-2H3,(H,22,24). The summed E-state index contributed by atoms with van der Waals surface area (Å²) in [5, 5.41) is 13.7. The van der Waals surface area contributed by atoms with Gasteiger partial charge in [0.15, 0.2) is 0 Å². The number of rotatable bonds is 5. The van der Waals surface area contributed by atoms with Gasteiger partial charge in [-0.25, -0.2) is 9.97 Å². The zero-order chi connectivity index (χ0) is 19.4. The van der Waals surface area contributed by atoms with E-state index in [9.17, 15) is 14.9 Å². The number of nitro groups is 1. The second-order valence-corrected chi connectivity index (χ2v) is 5.79. The fourth-order valence-corrected chi connectivity index (χ4v) is 2.51. The van der Waals surface area contributed by atoms with Crippen LogP contribution in [-0.4, -0.2) is 20.8 Å². The Kier molecular flexibility index (Phi) is 5.07. The number of hydrogen-bond donors (Lipinski definition) is 1. The maximum absolute atomic E-state index is 12.4. The second-order valence-electron chi connectivity index (χ2n) is 5.79. The number of nitro benzene ring substituents is 1. The summed E-state index contributed by atoms with van der Waals surface area (Å²) in [6, 6.07) is 14.4. The summed E-state index contributed by atoms with van der Waals surface area (Å²) in [6.45, 7) is 3.68. The van der Waals surface area contributed by atoms with Crippen molar-refractivity contribution in [3.8, 4) is 11.8 Å². The first kappa shape index (κ1) is 18.0. The molecule has 0 atom stereocenters. The summed E-state index contributed by atoms with van der Waals surface area (Å²) in [7, 11) is 0. The SMILES string of the molecule is Cc1cc(C)nc(Oc2cccc(NC(=O)c3ccccc3[N+](=O)[O-])c2)n1. The molecule has 136 valence electrons. The Morgan fingerprint density at radius 1 is 1.04 bits per heavy atom. The molecule has 0 radical (unpaired) electrons. The topological polar surface area (TPSA) is 107 Å². The van der Waals surface area contributed by atoms with Gasteiger partial charge in [0.05, 0.1) is 4.92 Å². The number of amides is 1. The number of nitrogens with zero attached hydrogens (tertiary/aromatic N) is 3. The summed E-state index contributed by atoms with van der Waals surface area (Å²) in [5.41, 5.74) is 1.70. The molecule has 1 heterocycles. The normalized spacial score (nSPS) is 10.3. The van der Waals surface area contributed by atoms with Gasteiger partial charge in [0.2, 0.25) is 0 Å². The van der Waals surface area contributed by atoms with Gasteiger partial charge in [-0.3, -0.25) is 14.9 Å².